The van der Waals surface area contributed by atoms with Crippen LogP contribution in [0.15, 0.2) is 46.9 Å². The van der Waals surface area contributed by atoms with Crippen molar-refractivity contribution in [1.82, 2.24) is 9.55 Å². The van der Waals surface area contributed by atoms with Crippen molar-refractivity contribution in [1.29, 1.82) is 0 Å². The number of ether oxygens (including phenoxy) is 2. The van der Waals surface area contributed by atoms with Crippen LogP contribution in [-0.2, 0) is 4.74 Å². The highest BCUT2D eigenvalue weighted by atomic mass is 35.5. The molecule has 1 aliphatic heterocycles. The Kier molecular flexibility index (Phi) is 6.27. The molecule has 142 valence electrons. The van der Waals surface area contributed by atoms with E-state index in [0.29, 0.717) is 31.0 Å². The number of aryl methyl sites for hydroxylation is 1. The van der Waals surface area contributed by atoms with E-state index in [9.17, 15) is 4.79 Å². The van der Waals surface area contributed by atoms with Gasteiger partial charge in [-0.05, 0) is 13.0 Å². The Balaban J connectivity index is 2.20. The second-order valence-corrected chi connectivity index (χ2v) is 7.24. The lowest BCUT2D eigenvalue weighted by Gasteiger charge is -2.25. The van der Waals surface area contributed by atoms with E-state index in [2.05, 4.69) is 11.6 Å². The first-order valence-electron chi connectivity index (χ1n) is 8.20. The van der Waals surface area contributed by atoms with Crippen molar-refractivity contribution in [3.63, 3.8) is 0 Å². The highest BCUT2D eigenvalue weighted by molar-refractivity contribution is 6.53. The van der Waals surface area contributed by atoms with Gasteiger partial charge in [0.15, 0.2) is 5.43 Å². The average Bonchev–Trinajstić information content (AvgIpc) is 2.59. The van der Waals surface area contributed by atoms with Crippen LogP contribution in [0.2, 0.25) is 5.02 Å². The van der Waals surface area contributed by atoms with Crippen molar-refractivity contribution in [2.24, 2.45) is 5.92 Å². The van der Waals surface area contributed by atoms with Gasteiger partial charge in [0.05, 0.1) is 41.6 Å². The van der Waals surface area contributed by atoms with Gasteiger partial charge in [0.25, 0.3) is 0 Å². The Morgan fingerprint density at radius 3 is 2.85 bits per heavy atom. The lowest BCUT2D eigenvalue weighted by Crippen LogP contribution is -2.32. The molecule has 1 aliphatic rings. The normalized spacial score (nSPS) is 15.7. The predicted octanol–water partition coefficient (Wildman–Crippen LogP) is 4.73. The Morgan fingerprint density at radius 1 is 1.48 bits per heavy atom. The van der Waals surface area contributed by atoms with Gasteiger partial charge >= 0.3 is 0 Å². The fourth-order valence-corrected chi connectivity index (χ4v) is 3.34. The van der Waals surface area contributed by atoms with Gasteiger partial charge in [-0.15, -0.1) is 0 Å². The monoisotopic (exact) mass is 426 g/mol. The van der Waals surface area contributed by atoms with Crippen LogP contribution < -0.4 is 10.2 Å². The molecule has 0 atom stereocenters. The molecular formula is C19H17Cl3N2O3. The van der Waals surface area contributed by atoms with Gasteiger partial charge in [0.2, 0.25) is 5.88 Å². The minimum atomic E-state index is -0.254. The van der Waals surface area contributed by atoms with Gasteiger partial charge in [0, 0.05) is 17.7 Å². The molecule has 0 unspecified atom stereocenters. The molecule has 0 aromatic carbocycles. The van der Waals surface area contributed by atoms with E-state index in [1.165, 1.54) is 12.3 Å². The first-order valence-corrected chi connectivity index (χ1v) is 9.33. The van der Waals surface area contributed by atoms with Crippen molar-refractivity contribution in [3.8, 4) is 5.88 Å². The van der Waals surface area contributed by atoms with Gasteiger partial charge in [-0.25, -0.2) is 4.98 Å². The summed E-state index contributed by atoms with van der Waals surface area (Å²) in [6.07, 6.45) is 6.27. The minimum Gasteiger partial charge on any atom is -0.477 e. The van der Waals surface area contributed by atoms with Crippen LogP contribution in [0.4, 0.5) is 0 Å². The quantitative estimate of drug-likeness (QED) is 0.625. The molecule has 2 aromatic heterocycles. The van der Waals surface area contributed by atoms with E-state index >= 15 is 0 Å². The molecule has 5 nitrogen and oxygen atoms in total. The van der Waals surface area contributed by atoms with E-state index in [4.69, 9.17) is 44.3 Å². The van der Waals surface area contributed by atoms with Crippen molar-refractivity contribution < 1.29 is 9.47 Å². The topological polar surface area (TPSA) is 53.4 Å². The predicted molar refractivity (Wildman–Crippen MR) is 110 cm³/mol. The van der Waals surface area contributed by atoms with Gasteiger partial charge in [-0.3, -0.25) is 4.79 Å². The largest absolute Gasteiger partial charge is 0.477 e. The fraction of sp³-hybridized carbons (Fsp3) is 0.263. The number of fused-ring (bicyclic) bond motifs is 1. The number of rotatable bonds is 6. The summed E-state index contributed by atoms with van der Waals surface area (Å²) in [5.41, 5.74) is 0.719. The molecule has 27 heavy (non-hydrogen) atoms. The van der Waals surface area contributed by atoms with Gasteiger partial charge in [-0.2, -0.15) is 0 Å². The lowest BCUT2D eigenvalue weighted by atomic mass is 10.1. The maximum absolute atomic E-state index is 12.7. The smallest absolute Gasteiger partial charge is 0.227 e. The molecule has 3 rings (SSSR count). The summed E-state index contributed by atoms with van der Waals surface area (Å²) in [4.78, 5) is 16.9. The Bertz CT molecular complexity index is 1010. The number of nitrogens with zero attached hydrogens (tertiary/aromatic N) is 2. The van der Waals surface area contributed by atoms with Crippen LogP contribution in [-0.4, -0.2) is 29.4 Å². The van der Waals surface area contributed by atoms with Crippen LogP contribution >= 0.6 is 34.8 Å². The molecule has 1 fully saturated rings. The van der Waals surface area contributed by atoms with Crippen molar-refractivity contribution in [3.05, 3.63) is 63.0 Å². The van der Waals surface area contributed by atoms with Gasteiger partial charge in [0.1, 0.15) is 10.5 Å². The van der Waals surface area contributed by atoms with Crippen LogP contribution in [0.5, 0.6) is 5.88 Å². The van der Waals surface area contributed by atoms with Gasteiger partial charge < -0.3 is 14.0 Å². The molecule has 0 N–H and O–H groups in total. The van der Waals surface area contributed by atoms with E-state index in [-0.39, 0.29) is 37.8 Å². The number of pyridine rings is 2. The molecule has 0 bridgehead atoms. The van der Waals surface area contributed by atoms with Crippen LogP contribution in [0.25, 0.3) is 16.1 Å². The molecule has 0 amide bonds. The zero-order valence-corrected chi connectivity index (χ0v) is 16.8. The molecule has 1 saturated heterocycles. The number of hydrogen-bond donors (Lipinski definition) is 0. The molecule has 2 aromatic rings. The summed E-state index contributed by atoms with van der Waals surface area (Å²) >= 11 is 19.2. The standard InChI is InChI=1S/C19H17Cl3N2O3/c1-3-4-5-13(20)18(22)24-11(2)6-15(25)16-17(24)14(21)7-23-19(16)27-10-12-8-26-9-12/h3-7,12H,1,8-10H2,2H3/b5-4-,18-13-. The first-order chi connectivity index (χ1) is 12.9. The second kappa shape index (κ2) is 8.48. The van der Waals surface area contributed by atoms with Crippen LogP contribution in [0.3, 0.4) is 0 Å². The SMILES string of the molecule is C=C/C=C\C(Cl)=C(/Cl)n1c(C)cc(=O)c2c(OCC3COC3)ncc(Cl)c21. The first kappa shape index (κ1) is 20.0. The Hall–Kier alpha value is -1.79. The van der Waals surface area contributed by atoms with Gasteiger partial charge in [-0.1, -0.05) is 53.5 Å². The number of hydrogen-bond acceptors (Lipinski definition) is 4. The molecule has 0 aliphatic carbocycles. The zero-order chi connectivity index (χ0) is 19.6. The second-order valence-electron chi connectivity index (χ2n) is 6.07. The molecule has 0 spiro atoms. The van der Waals surface area contributed by atoms with Crippen LogP contribution in [0.1, 0.15) is 5.69 Å². The van der Waals surface area contributed by atoms with Crippen molar-refractivity contribution >= 4 is 50.9 Å². The summed E-state index contributed by atoms with van der Waals surface area (Å²) in [6.45, 7) is 7.02. The maximum Gasteiger partial charge on any atom is 0.227 e. The number of halogens is 3. The lowest BCUT2D eigenvalue weighted by molar-refractivity contribution is -0.0512. The molecular weight excluding hydrogens is 411 g/mol. The average molecular weight is 428 g/mol. The molecule has 3 heterocycles. The summed E-state index contributed by atoms with van der Waals surface area (Å²) in [5, 5.41) is 0.986. The molecule has 8 heteroatoms. The molecule has 0 radical (unpaired) electrons. The fourth-order valence-electron chi connectivity index (χ4n) is 2.67. The van der Waals surface area contributed by atoms with E-state index < -0.39 is 0 Å². The maximum atomic E-state index is 12.7. The zero-order valence-electron chi connectivity index (χ0n) is 14.5. The Morgan fingerprint density at radius 2 is 2.22 bits per heavy atom. The van der Waals surface area contributed by atoms with E-state index in [1.807, 2.05) is 0 Å². The van der Waals surface area contributed by atoms with Crippen LogP contribution in [0, 0.1) is 12.8 Å². The summed E-state index contributed by atoms with van der Waals surface area (Å²) in [6, 6.07) is 1.45. The highest BCUT2D eigenvalue weighted by Gasteiger charge is 2.22. The van der Waals surface area contributed by atoms with Crippen molar-refractivity contribution in [2.75, 3.05) is 19.8 Å². The summed E-state index contributed by atoms with van der Waals surface area (Å²) < 4.78 is 12.5. The van der Waals surface area contributed by atoms with E-state index in [1.54, 1.807) is 29.7 Å². The third-order valence-corrected chi connectivity index (χ3v) is 5.12. The summed E-state index contributed by atoms with van der Waals surface area (Å²) in [5.74, 6) is 0.495. The summed E-state index contributed by atoms with van der Waals surface area (Å²) in [7, 11) is 0. The van der Waals surface area contributed by atoms with Crippen molar-refractivity contribution in [2.45, 2.75) is 6.92 Å². The third kappa shape index (κ3) is 4.06. The molecule has 0 saturated carbocycles. The minimum absolute atomic E-state index is 0.198. The Labute approximate surface area is 171 Å². The number of aromatic nitrogens is 2. The van der Waals surface area contributed by atoms with E-state index in [0.717, 1.165) is 0 Å². The highest BCUT2D eigenvalue weighted by Crippen LogP contribution is 2.33. The number of allylic oxidation sites excluding steroid dienone is 4. The third-order valence-electron chi connectivity index (χ3n) is 4.07.